The van der Waals surface area contributed by atoms with Gasteiger partial charge in [-0.15, -0.1) is 0 Å². The van der Waals surface area contributed by atoms with E-state index in [1.807, 2.05) is 43.9 Å². The summed E-state index contributed by atoms with van der Waals surface area (Å²) < 4.78 is 5.19. The van der Waals surface area contributed by atoms with Gasteiger partial charge >= 0.3 is 6.09 Å². The first kappa shape index (κ1) is 23.7. The Balaban J connectivity index is 1.65. The molecule has 30 heavy (non-hydrogen) atoms. The van der Waals surface area contributed by atoms with Crippen LogP contribution in [0.3, 0.4) is 0 Å². The third-order valence-electron chi connectivity index (χ3n) is 5.53. The van der Waals surface area contributed by atoms with Gasteiger partial charge in [0.15, 0.2) is 0 Å². The number of benzene rings is 1. The van der Waals surface area contributed by atoms with Gasteiger partial charge in [-0.3, -0.25) is 4.79 Å². The highest BCUT2D eigenvalue weighted by molar-refractivity contribution is 5.76. The summed E-state index contributed by atoms with van der Waals surface area (Å²) in [6, 6.07) is 12.8. The van der Waals surface area contributed by atoms with E-state index in [-0.39, 0.29) is 11.3 Å². The summed E-state index contributed by atoms with van der Waals surface area (Å²) in [5.74, 6) is 0.141. The van der Waals surface area contributed by atoms with E-state index in [0.29, 0.717) is 26.1 Å². The summed E-state index contributed by atoms with van der Waals surface area (Å²) >= 11 is 0. The number of nitrogens with zero attached hydrogens (tertiary/aromatic N) is 2. The fourth-order valence-corrected chi connectivity index (χ4v) is 3.69. The van der Waals surface area contributed by atoms with Gasteiger partial charge in [-0.05, 0) is 64.9 Å². The number of unbranched alkanes of at least 4 members (excludes halogenated alkanes) is 1. The summed E-state index contributed by atoms with van der Waals surface area (Å²) in [6.07, 6.45) is 4.72. The first-order chi connectivity index (χ1) is 14.2. The van der Waals surface area contributed by atoms with Crippen molar-refractivity contribution in [2.75, 3.05) is 19.6 Å². The van der Waals surface area contributed by atoms with E-state index in [2.05, 4.69) is 23.5 Å². The van der Waals surface area contributed by atoms with Crippen molar-refractivity contribution in [1.82, 2.24) is 10.2 Å². The van der Waals surface area contributed by atoms with E-state index in [4.69, 9.17) is 4.74 Å². The van der Waals surface area contributed by atoms with E-state index in [9.17, 15) is 14.9 Å². The standard InChI is InChI=1S/C24H35N3O3/c1-23(2,3)30-22(29)26-16-8-7-11-21(28)27-17-14-24(19-25,15-18-27)13-12-20-9-5-4-6-10-20/h4-6,9-10H,7-8,11-18H2,1-3H3,(H,26,29). The molecule has 2 rings (SSSR count). The third-order valence-corrected chi connectivity index (χ3v) is 5.53. The van der Waals surface area contributed by atoms with Crippen LogP contribution in [0.25, 0.3) is 0 Å². The predicted molar refractivity (Wildman–Crippen MR) is 117 cm³/mol. The molecule has 0 atom stereocenters. The van der Waals surface area contributed by atoms with Gasteiger partial charge in [0.25, 0.3) is 0 Å². The summed E-state index contributed by atoms with van der Waals surface area (Å²) in [5, 5.41) is 12.5. The summed E-state index contributed by atoms with van der Waals surface area (Å²) in [5.41, 5.74) is 0.420. The van der Waals surface area contributed by atoms with Crippen LogP contribution in [0.15, 0.2) is 30.3 Å². The number of ether oxygens (including phenoxy) is 1. The number of alkyl carbamates (subject to hydrolysis) is 1. The van der Waals surface area contributed by atoms with Crippen LogP contribution in [0.1, 0.15) is 64.9 Å². The number of nitrogens with one attached hydrogen (secondary N) is 1. The fourth-order valence-electron chi connectivity index (χ4n) is 3.69. The largest absolute Gasteiger partial charge is 0.444 e. The van der Waals surface area contributed by atoms with Crippen molar-refractivity contribution in [3.8, 4) is 6.07 Å². The first-order valence-corrected chi connectivity index (χ1v) is 10.9. The number of carbonyl (C=O) groups is 2. The molecule has 2 amide bonds. The van der Waals surface area contributed by atoms with E-state index in [0.717, 1.165) is 38.5 Å². The number of likely N-dealkylation sites (tertiary alicyclic amines) is 1. The molecule has 0 bridgehead atoms. The molecule has 0 aromatic heterocycles. The highest BCUT2D eigenvalue weighted by Crippen LogP contribution is 2.35. The molecule has 1 aromatic rings. The Hall–Kier alpha value is -2.55. The van der Waals surface area contributed by atoms with Gasteiger partial charge in [0.1, 0.15) is 5.60 Å². The lowest BCUT2D eigenvalue weighted by Gasteiger charge is -2.37. The quantitative estimate of drug-likeness (QED) is 0.639. The third kappa shape index (κ3) is 8.06. The molecule has 1 fully saturated rings. The van der Waals surface area contributed by atoms with Gasteiger partial charge in [-0.1, -0.05) is 30.3 Å². The molecular formula is C24H35N3O3. The van der Waals surface area contributed by atoms with Crippen molar-refractivity contribution >= 4 is 12.0 Å². The van der Waals surface area contributed by atoms with Gasteiger partial charge in [0, 0.05) is 26.1 Å². The van der Waals surface area contributed by atoms with Gasteiger partial charge < -0.3 is 15.0 Å². The van der Waals surface area contributed by atoms with Crippen molar-refractivity contribution in [2.24, 2.45) is 5.41 Å². The zero-order chi connectivity index (χ0) is 22.0. The second-order valence-electron chi connectivity index (χ2n) is 9.14. The molecule has 1 heterocycles. The Morgan fingerprint density at radius 2 is 1.83 bits per heavy atom. The molecule has 6 nitrogen and oxygen atoms in total. The molecular weight excluding hydrogens is 378 g/mol. The van der Waals surface area contributed by atoms with Gasteiger partial charge in [0.05, 0.1) is 11.5 Å². The van der Waals surface area contributed by atoms with Crippen LogP contribution >= 0.6 is 0 Å². The van der Waals surface area contributed by atoms with Crippen molar-refractivity contribution in [2.45, 2.75) is 71.3 Å². The number of hydrogen-bond donors (Lipinski definition) is 1. The van der Waals surface area contributed by atoms with Crippen molar-refractivity contribution in [1.29, 1.82) is 5.26 Å². The highest BCUT2D eigenvalue weighted by Gasteiger charge is 2.35. The maximum Gasteiger partial charge on any atom is 0.407 e. The van der Waals surface area contributed by atoms with Crippen molar-refractivity contribution in [3.05, 3.63) is 35.9 Å². The number of aryl methyl sites for hydroxylation is 1. The number of rotatable bonds is 8. The average Bonchev–Trinajstić information content (AvgIpc) is 2.71. The lowest BCUT2D eigenvalue weighted by molar-refractivity contribution is -0.133. The van der Waals surface area contributed by atoms with Crippen LogP contribution < -0.4 is 5.32 Å². The molecule has 0 unspecified atom stereocenters. The fraction of sp³-hybridized carbons (Fsp3) is 0.625. The van der Waals surface area contributed by atoms with E-state index in [1.165, 1.54) is 5.56 Å². The van der Waals surface area contributed by atoms with Crippen molar-refractivity contribution in [3.63, 3.8) is 0 Å². The van der Waals surface area contributed by atoms with Crippen LogP contribution in [0.2, 0.25) is 0 Å². The van der Waals surface area contributed by atoms with E-state index >= 15 is 0 Å². The lowest BCUT2D eigenvalue weighted by Crippen LogP contribution is -2.42. The summed E-state index contributed by atoms with van der Waals surface area (Å²) in [6.45, 7) is 7.28. The van der Waals surface area contributed by atoms with Crippen LogP contribution in [0, 0.1) is 16.7 Å². The Bertz CT molecular complexity index is 726. The minimum atomic E-state index is -0.506. The number of nitriles is 1. The van der Waals surface area contributed by atoms with Crippen molar-refractivity contribution < 1.29 is 14.3 Å². The normalized spacial score (nSPS) is 15.9. The topological polar surface area (TPSA) is 82.4 Å². The van der Waals surface area contributed by atoms with E-state index in [1.54, 1.807) is 0 Å². The molecule has 1 saturated heterocycles. The summed E-state index contributed by atoms with van der Waals surface area (Å²) in [7, 11) is 0. The van der Waals surface area contributed by atoms with Crippen LogP contribution in [0.5, 0.6) is 0 Å². The number of amides is 2. The van der Waals surface area contributed by atoms with Gasteiger partial charge in [-0.2, -0.15) is 5.26 Å². The highest BCUT2D eigenvalue weighted by atomic mass is 16.6. The molecule has 0 spiro atoms. The van der Waals surface area contributed by atoms with Gasteiger partial charge in [-0.25, -0.2) is 4.79 Å². The molecule has 0 radical (unpaired) electrons. The molecule has 0 aliphatic carbocycles. The second-order valence-corrected chi connectivity index (χ2v) is 9.14. The molecule has 164 valence electrons. The molecule has 1 aliphatic rings. The number of hydrogen-bond acceptors (Lipinski definition) is 4. The van der Waals surface area contributed by atoms with E-state index < -0.39 is 11.7 Å². The van der Waals surface area contributed by atoms with Crippen LogP contribution in [0.4, 0.5) is 4.79 Å². The Kier molecular flexibility index (Phi) is 8.71. The van der Waals surface area contributed by atoms with Crippen LogP contribution in [-0.4, -0.2) is 42.1 Å². The lowest BCUT2D eigenvalue weighted by atomic mass is 9.75. The number of carbonyl (C=O) groups excluding carboxylic acids is 2. The minimum Gasteiger partial charge on any atom is -0.444 e. The molecule has 1 N–H and O–H groups in total. The van der Waals surface area contributed by atoms with Crippen LogP contribution in [-0.2, 0) is 16.0 Å². The second kappa shape index (κ2) is 11.0. The maximum atomic E-state index is 12.5. The zero-order valence-electron chi connectivity index (χ0n) is 18.6. The first-order valence-electron chi connectivity index (χ1n) is 10.9. The minimum absolute atomic E-state index is 0.141. The molecule has 6 heteroatoms. The average molecular weight is 414 g/mol. The monoisotopic (exact) mass is 413 g/mol. The molecule has 1 aromatic carbocycles. The smallest absolute Gasteiger partial charge is 0.407 e. The Labute approximate surface area is 180 Å². The molecule has 0 saturated carbocycles. The molecule has 1 aliphatic heterocycles. The SMILES string of the molecule is CC(C)(C)OC(=O)NCCCCC(=O)N1CCC(C#N)(CCc2ccccc2)CC1. The Morgan fingerprint density at radius 1 is 1.17 bits per heavy atom. The van der Waals surface area contributed by atoms with Gasteiger partial charge in [0.2, 0.25) is 5.91 Å². The predicted octanol–water partition coefficient (Wildman–Crippen LogP) is 4.45. The maximum absolute atomic E-state index is 12.5. The summed E-state index contributed by atoms with van der Waals surface area (Å²) in [4.78, 5) is 26.0. The number of piperidine rings is 1. The Morgan fingerprint density at radius 3 is 2.43 bits per heavy atom. The zero-order valence-corrected chi connectivity index (χ0v) is 18.6.